The smallest absolute Gasteiger partial charge is 0.315 e. The second kappa shape index (κ2) is 11.5. The van der Waals surface area contributed by atoms with Crippen LogP contribution in [0, 0.1) is 5.82 Å². The number of ether oxygens (including phenoxy) is 1. The molecule has 2 heterocycles. The van der Waals surface area contributed by atoms with Crippen LogP contribution in [-0.4, -0.2) is 42.1 Å². The maximum absolute atomic E-state index is 13.8. The molecule has 1 unspecified atom stereocenters. The minimum absolute atomic E-state index is 0.101. The van der Waals surface area contributed by atoms with E-state index in [1.165, 1.54) is 25.0 Å². The highest BCUT2D eigenvalue weighted by molar-refractivity contribution is 6.36. The number of nitrogen functional groups attached to an aromatic ring is 1. The van der Waals surface area contributed by atoms with Gasteiger partial charge in [-0.1, -0.05) is 23.2 Å². The van der Waals surface area contributed by atoms with E-state index in [2.05, 4.69) is 20.5 Å². The number of nitrogens with two attached hydrogens (primary N) is 1. The zero-order valence-electron chi connectivity index (χ0n) is 18.0. The molecule has 3 rings (SSSR count). The summed E-state index contributed by atoms with van der Waals surface area (Å²) in [4.78, 5) is 18.6. The SMILES string of the molecule is CC(Oc1cc(CNC(=O)NCCCN2CCCC2)cnc1N)c1c(Cl)ccc(F)c1Cl. The van der Waals surface area contributed by atoms with Gasteiger partial charge in [-0.3, -0.25) is 0 Å². The first-order valence-electron chi connectivity index (χ1n) is 10.6. The molecular weight excluding hydrogens is 456 g/mol. The number of likely N-dealkylation sites (tertiary alicyclic amines) is 1. The molecule has 1 aliphatic rings. The van der Waals surface area contributed by atoms with E-state index in [-0.39, 0.29) is 28.4 Å². The van der Waals surface area contributed by atoms with Crippen LogP contribution in [-0.2, 0) is 6.54 Å². The summed E-state index contributed by atoms with van der Waals surface area (Å²) in [6, 6.07) is 4.04. The molecular formula is C22H28Cl2FN5O2. The zero-order chi connectivity index (χ0) is 23.1. The lowest BCUT2D eigenvalue weighted by Gasteiger charge is -2.19. The number of nitrogens with one attached hydrogen (secondary N) is 2. The largest absolute Gasteiger partial charge is 0.482 e. The van der Waals surface area contributed by atoms with E-state index in [9.17, 15) is 9.18 Å². The van der Waals surface area contributed by atoms with E-state index in [0.29, 0.717) is 23.4 Å². The van der Waals surface area contributed by atoms with Crippen molar-refractivity contribution in [3.05, 3.63) is 51.4 Å². The van der Waals surface area contributed by atoms with Gasteiger partial charge in [-0.15, -0.1) is 0 Å². The Hall–Kier alpha value is -2.29. The number of benzene rings is 1. The number of amides is 2. The molecule has 0 spiro atoms. The average molecular weight is 484 g/mol. The van der Waals surface area contributed by atoms with Gasteiger partial charge in [0.2, 0.25) is 0 Å². The molecule has 0 bridgehead atoms. The van der Waals surface area contributed by atoms with E-state index in [4.69, 9.17) is 33.7 Å². The number of hydrogen-bond donors (Lipinski definition) is 3. The number of urea groups is 1. The second-order valence-corrected chi connectivity index (χ2v) is 8.54. The Labute approximate surface area is 197 Å². The molecule has 1 aromatic carbocycles. The maximum Gasteiger partial charge on any atom is 0.315 e. The average Bonchev–Trinajstić information content (AvgIpc) is 3.28. The van der Waals surface area contributed by atoms with Gasteiger partial charge in [-0.05, 0) is 69.6 Å². The quantitative estimate of drug-likeness (QED) is 0.359. The number of anilines is 1. The second-order valence-electron chi connectivity index (χ2n) is 7.76. The molecule has 7 nitrogen and oxygen atoms in total. The van der Waals surface area contributed by atoms with Crippen LogP contribution < -0.4 is 21.1 Å². The van der Waals surface area contributed by atoms with Crippen LogP contribution in [0.2, 0.25) is 10.0 Å². The van der Waals surface area contributed by atoms with Crippen LogP contribution >= 0.6 is 23.2 Å². The van der Waals surface area contributed by atoms with E-state index in [0.717, 1.165) is 26.1 Å². The topological polar surface area (TPSA) is 92.5 Å². The Morgan fingerprint density at radius 1 is 1.31 bits per heavy atom. The van der Waals surface area contributed by atoms with E-state index >= 15 is 0 Å². The molecule has 10 heteroatoms. The number of nitrogens with zero attached hydrogens (tertiary/aromatic N) is 2. The summed E-state index contributed by atoms with van der Waals surface area (Å²) in [6.07, 6.45) is 4.32. The summed E-state index contributed by atoms with van der Waals surface area (Å²) in [7, 11) is 0. The van der Waals surface area contributed by atoms with Gasteiger partial charge in [0.1, 0.15) is 11.9 Å². The third-order valence-corrected chi connectivity index (χ3v) is 6.03. The van der Waals surface area contributed by atoms with Crippen molar-refractivity contribution >= 4 is 35.1 Å². The number of rotatable bonds is 9. The molecule has 2 amide bonds. The third-order valence-electron chi connectivity index (χ3n) is 5.32. The summed E-state index contributed by atoms with van der Waals surface area (Å²) in [5.41, 5.74) is 6.95. The first-order chi connectivity index (χ1) is 15.3. The van der Waals surface area contributed by atoms with Gasteiger partial charge in [-0.25, -0.2) is 14.2 Å². The van der Waals surface area contributed by atoms with E-state index < -0.39 is 11.9 Å². The number of aromatic nitrogens is 1. The van der Waals surface area contributed by atoms with Crippen molar-refractivity contribution in [3.63, 3.8) is 0 Å². The number of carbonyl (C=O) groups excluding carboxylic acids is 1. The highest BCUT2D eigenvalue weighted by Gasteiger charge is 2.20. The first kappa shape index (κ1) is 24.4. The predicted octanol–water partition coefficient (Wildman–Crippen LogP) is 4.53. The minimum atomic E-state index is -0.670. The number of pyridine rings is 1. The van der Waals surface area contributed by atoms with Gasteiger partial charge in [0.05, 0.1) is 5.02 Å². The molecule has 4 N–H and O–H groups in total. The zero-order valence-corrected chi connectivity index (χ0v) is 19.5. The number of carbonyl (C=O) groups is 1. The Morgan fingerprint density at radius 2 is 2.06 bits per heavy atom. The molecule has 1 aliphatic heterocycles. The number of hydrogen-bond acceptors (Lipinski definition) is 5. The van der Waals surface area contributed by atoms with Gasteiger partial charge in [-0.2, -0.15) is 0 Å². The third kappa shape index (κ3) is 6.60. The van der Waals surface area contributed by atoms with Crippen molar-refractivity contribution in [2.75, 3.05) is 31.9 Å². The lowest BCUT2D eigenvalue weighted by molar-refractivity contribution is 0.227. The summed E-state index contributed by atoms with van der Waals surface area (Å²) in [6.45, 7) is 5.85. The summed E-state index contributed by atoms with van der Waals surface area (Å²) >= 11 is 12.2. The van der Waals surface area contributed by atoms with Crippen LogP contribution in [0.15, 0.2) is 24.4 Å². The molecule has 1 saturated heterocycles. The van der Waals surface area contributed by atoms with Crippen molar-refractivity contribution in [2.24, 2.45) is 0 Å². The van der Waals surface area contributed by atoms with Gasteiger partial charge in [0.25, 0.3) is 0 Å². The Balaban J connectivity index is 1.51. The molecule has 1 fully saturated rings. The van der Waals surface area contributed by atoms with Gasteiger partial charge in [0.15, 0.2) is 11.6 Å². The highest BCUT2D eigenvalue weighted by atomic mass is 35.5. The van der Waals surface area contributed by atoms with Crippen LogP contribution in [0.1, 0.15) is 43.4 Å². The molecule has 32 heavy (non-hydrogen) atoms. The molecule has 1 aromatic heterocycles. The molecule has 0 saturated carbocycles. The fourth-order valence-electron chi connectivity index (χ4n) is 3.61. The van der Waals surface area contributed by atoms with Crippen molar-refractivity contribution in [1.29, 1.82) is 0 Å². The summed E-state index contributed by atoms with van der Waals surface area (Å²) in [5.74, 6) is -0.133. The van der Waals surface area contributed by atoms with Gasteiger partial charge >= 0.3 is 6.03 Å². The first-order valence-corrected chi connectivity index (χ1v) is 11.4. The summed E-state index contributed by atoms with van der Waals surface area (Å²) in [5, 5.41) is 5.83. The molecule has 0 aliphatic carbocycles. The lowest BCUT2D eigenvalue weighted by Crippen LogP contribution is -2.36. The van der Waals surface area contributed by atoms with Crippen molar-refractivity contribution in [1.82, 2.24) is 20.5 Å². The Bertz CT molecular complexity index is 941. The van der Waals surface area contributed by atoms with Crippen molar-refractivity contribution in [2.45, 2.75) is 38.8 Å². The normalized spacial score (nSPS) is 14.9. The number of halogens is 3. The molecule has 2 aromatic rings. The molecule has 0 radical (unpaired) electrons. The minimum Gasteiger partial charge on any atom is -0.482 e. The Morgan fingerprint density at radius 3 is 2.81 bits per heavy atom. The summed E-state index contributed by atoms with van der Waals surface area (Å²) < 4.78 is 19.7. The van der Waals surface area contributed by atoms with Crippen LogP contribution in [0.4, 0.5) is 15.0 Å². The fourth-order valence-corrected chi connectivity index (χ4v) is 4.29. The lowest BCUT2D eigenvalue weighted by atomic mass is 10.1. The Kier molecular flexibility index (Phi) is 8.78. The van der Waals surface area contributed by atoms with Crippen molar-refractivity contribution < 1.29 is 13.9 Å². The molecule has 174 valence electrons. The van der Waals surface area contributed by atoms with Crippen LogP contribution in [0.5, 0.6) is 5.75 Å². The maximum atomic E-state index is 13.8. The van der Waals surface area contributed by atoms with E-state index in [1.807, 2.05) is 0 Å². The van der Waals surface area contributed by atoms with Crippen LogP contribution in [0.25, 0.3) is 0 Å². The predicted molar refractivity (Wildman–Crippen MR) is 125 cm³/mol. The fraction of sp³-hybridized carbons (Fsp3) is 0.455. The van der Waals surface area contributed by atoms with Gasteiger partial charge < -0.3 is 26.0 Å². The van der Waals surface area contributed by atoms with E-state index in [1.54, 1.807) is 19.2 Å². The van der Waals surface area contributed by atoms with Crippen LogP contribution in [0.3, 0.4) is 0 Å². The van der Waals surface area contributed by atoms with Gasteiger partial charge in [0, 0.05) is 29.9 Å². The highest BCUT2D eigenvalue weighted by Crippen LogP contribution is 2.36. The standard InChI is InChI=1S/C22H28Cl2FN5O2/c1-14(19-16(23)5-6-17(25)20(19)24)32-18-11-15(12-28-21(18)26)13-29-22(31)27-7-4-10-30-8-2-3-9-30/h5-6,11-12,14H,2-4,7-10,13H2,1H3,(H2,26,28)(H2,27,29,31). The monoisotopic (exact) mass is 483 g/mol. The molecule has 1 atom stereocenters. The van der Waals surface area contributed by atoms with Crippen molar-refractivity contribution in [3.8, 4) is 5.75 Å².